The Balaban J connectivity index is 2.73. The Morgan fingerprint density at radius 1 is 0.817 bits per heavy atom. The number of rotatable bonds is 15. The summed E-state index contributed by atoms with van der Waals surface area (Å²) in [5.74, 6) is -15.2. The second-order valence-corrected chi connectivity index (χ2v) is 18.1. The molecule has 0 radical (unpaired) electrons. The van der Waals surface area contributed by atoms with Gasteiger partial charge in [0.2, 0.25) is 35.4 Å². The van der Waals surface area contributed by atoms with E-state index < -0.39 is 120 Å². The molecule has 1 aromatic carbocycles. The van der Waals surface area contributed by atoms with Gasteiger partial charge in [-0.05, 0) is 57.4 Å². The number of imide groups is 1. The summed E-state index contributed by atoms with van der Waals surface area (Å²) >= 11 is 0. The van der Waals surface area contributed by atoms with Crippen molar-refractivity contribution in [3.05, 3.63) is 59.7 Å². The standard InChI is InChI=1S/C48H72N10O13/c1-25(2)22-35-43(64)57-38(47(69)70)29(6)40(61)54-33(16-13-21-51-48(49)50)42(63)53-32(18-17-26(3)23-27(4)36(71-9)24-31-14-11-10-12-15-31)28(5)39(60)55-34(46(67)68)19-20-37(59)58(8)45(66)44(65)52-30(7)41(62)56-35/h10-12,14-15,17-18,23,25,27-30,32-36,38H,13,16,19-22,24H2,1-9H3,(H,52,65)(H,53,63)(H,54,61)(H,55,60)(H,56,62)(H,57,64)(H,67,68)(H,69,70)(H4,49,50,51)/t27-,28-,29-,30+,32-,33-,34+,35-,36-,38+/m0/s1. The first kappa shape index (κ1) is 60.0. The molecule has 23 heteroatoms. The second kappa shape index (κ2) is 29.1. The van der Waals surface area contributed by atoms with Gasteiger partial charge in [0.05, 0.1) is 24.0 Å². The lowest BCUT2D eigenvalue weighted by Crippen LogP contribution is -2.59. The Labute approximate surface area is 413 Å². The fraction of sp³-hybridized carbons (Fsp3) is 0.562. The molecule has 0 bridgehead atoms. The maximum absolute atomic E-state index is 14.4. The number of likely N-dealkylation sites (N-methyl/N-ethyl adjacent to an activating group) is 1. The van der Waals surface area contributed by atoms with Crippen LogP contribution in [0.5, 0.6) is 0 Å². The number of aliphatic carboxylic acids is 2. The third kappa shape index (κ3) is 20.0. The van der Waals surface area contributed by atoms with E-state index in [1.54, 1.807) is 34.0 Å². The topological polar surface area (TPSA) is 360 Å². The Bertz CT molecular complexity index is 2160. The highest BCUT2D eigenvalue weighted by Crippen LogP contribution is 2.19. The minimum absolute atomic E-state index is 0.0106. The predicted octanol–water partition coefficient (Wildman–Crippen LogP) is -0.369. The van der Waals surface area contributed by atoms with Crippen LogP contribution in [0.4, 0.5) is 0 Å². The number of carboxylic acid groups (broad SMARTS) is 2. The second-order valence-electron chi connectivity index (χ2n) is 18.1. The monoisotopic (exact) mass is 997 g/mol. The van der Waals surface area contributed by atoms with E-state index in [1.807, 2.05) is 43.3 Å². The average Bonchev–Trinajstić information content (AvgIpc) is 3.31. The van der Waals surface area contributed by atoms with Crippen molar-refractivity contribution >= 4 is 65.2 Å². The van der Waals surface area contributed by atoms with Gasteiger partial charge in [-0.2, -0.15) is 0 Å². The summed E-state index contributed by atoms with van der Waals surface area (Å²) in [6.45, 7) is 10.9. The van der Waals surface area contributed by atoms with E-state index in [4.69, 9.17) is 16.2 Å². The van der Waals surface area contributed by atoms with E-state index in [9.17, 15) is 58.2 Å². The summed E-state index contributed by atoms with van der Waals surface area (Å²) in [6, 6.07) is 0.561. The highest BCUT2D eigenvalue weighted by Gasteiger charge is 2.38. The zero-order chi connectivity index (χ0) is 53.7. The average molecular weight is 997 g/mol. The first-order valence-corrected chi connectivity index (χ1v) is 23.3. The number of carboxylic acids is 2. The molecule has 0 spiro atoms. The third-order valence-corrected chi connectivity index (χ3v) is 11.8. The van der Waals surface area contributed by atoms with Gasteiger partial charge in [-0.3, -0.25) is 48.2 Å². The molecule has 71 heavy (non-hydrogen) atoms. The van der Waals surface area contributed by atoms with Crippen LogP contribution in [0, 0.1) is 23.7 Å². The summed E-state index contributed by atoms with van der Waals surface area (Å²) < 4.78 is 5.80. The van der Waals surface area contributed by atoms with Gasteiger partial charge in [-0.15, -0.1) is 0 Å². The normalized spacial score (nSPS) is 25.3. The van der Waals surface area contributed by atoms with Gasteiger partial charge in [0.1, 0.15) is 30.2 Å². The molecule has 0 aromatic heterocycles. The maximum atomic E-state index is 14.4. The molecule has 1 saturated heterocycles. The van der Waals surface area contributed by atoms with Crippen molar-refractivity contribution in [2.24, 2.45) is 40.1 Å². The van der Waals surface area contributed by atoms with E-state index >= 15 is 0 Å². The zero-order valence-corrected chi connectivity index (χ0v) is 41.9. The molecule has 1 aliphatic rings. The number of ether oxygens (including phenoxy) is 1. The highest BCUT2D eigenvalue weighted by molar-refractivity contribution is 6.37. The molecule has 0 aliphatic carbocycles. The van der Waals surface area contributed by atoms with Crippen molar-refractivity contribution < 1.29 is 62.9 Å². The van der Waals surface area contributed by atoms with Gasteiger partial charge in [0.25, 0.3) is 0 Å². The zero-order valence-electron chi connectivity index (χ0n) is 41.9. The SMILES string of the molecule is CO[C@@H](Cc1ccccc1)[C@@H](C)C=C(C)C=C[C@@H]1NC(=O)[C@H](CCCN=C(N)N)NC(=O)[C@@H](C)[C@H](C(=O)O)NC(=O)[C@H](CC(C)C)NC(=O)[C@@H](C)NC(=O)C(=O)N(C)C(=O)CC[C@H](C(=O)O)NC(=O)[C@H]1C. The van der Waals surface area contributed by atoms with Crippen LogP contribution in [0.25, 0.3) is 0 Å². The summed E-state index contributed by atoms with van der Waals surface area (Å²) in [5, 5.41) is 34.9. The molecule has 12 N–H and O–H groups in total. The fourth-order valence-corrected chi connectivity index (χ4v) is 7.40. The minimum atomic E-state index is -1.92. The fourth-order valence-electron chi connectivity index (χ4n) is 7.40. The van der Waals surface area contributed by atoms with Crippen LogP contribution in [0.15, 0.2) is 59.1 Å². The number of nitrogens with one attached hydrogen (secondary N) is 6. The van der Waals surface area contributed by atoms with Crippen LogP contribution in [-0.4, -0.2) is 143 Å². The summed E-state index contributed by atoms with van der Waals surface area (Å²) in [6.07, 6.45) is 4.19. The van der Waals surface area contributed by atoms with Crippen molar-refractivity contribution in [1.82, 2.24) is 36.8 Å². The molecule has 2 rings (SSSR count). The van der Waals surface area contributed by atoms with E-state index in [0.717, 1.165) is 12.6 Å². The summed E-state index contributed by atoms with van der Waals surface area (Å²) in [7, 11) is 2.56. The van der Waals surface area contributed by atoms with Crippen LogP contribution in [-0.2, 0) is 59.1 Å². The van der Waals surface area contributed by atoms with Crippen molar-refractivity contribution in [1.29, 1.82) is 0 Å². The van der Waals surface area contributed by atoms with E-state index in [0.29, 0.717) is 16.9 Å². The van der Waals surface area contributed by atoms with Gasteiger partial charge in [0, 0.05) is 33.0 Å². The number of hydrogen-bond acceptors (Lipinski definition) is 12. The number of carbonyl (C=O) groups excluding carboxylic acids is 8. The van der Waals surface area contributed by atoms with E-state index in [-0.39, 0.29) is 49.7 Å². The van der Waals surface area contributed by atoms with Crippen LogP contribution in [0.2, 0.25) is 0 Å². The number of hydrogen-bond donors (Lipinski definition) is 10. The Kier molecular flexibility index (Phi) is 24.6. The molecule has 0 unspecified atom stereocenters. The molecule has 1 aliphatic heterocycles. The molecular weight excluding hydrogens is 925 g/mol. The van der Waals surface area contributed by atoms with Crippen LogP contribution in [0.3, 0.4) is 0 Å². The van der Waals surface area contributed by atoms with Gasteiger partial charge < -0.3 is 58.3 Å². The van der Waals surface area contributed by atoms with Crippen molar-refractivity contribution in [2.75, 3.05) is 20.7 Å². The number of amides is 8. The molecule has 1 aromatic rings. The van der Waals surface area contributed by atoms with Gasteiger partial charge in [-0.1, -0.05) is 88.8 Å². The summed E-state index contributed by atoms with van der Waals surface area (Å²) in [5.41, 5.74) is 12.7. The van der Waals surface area contributed by atoms with Crippen molar-refractivity contribution in [3.8, 4) is 0 Å². The smallest absolute Gasteiger partial charge is 0.327 e. The first-order valence-electron chi connectivity index (χ1n) is 23.3. The quantitative estimate of drug-likeness (QED) is 0.0268. The van der Waals surface area contributed by atoms with Crippen molar-refractivity contribution in [3.63, 3.8) is 0 Å². The van der Waals surface area contributed by atoms with Crippen LogP contribution < -0.4 is 43.4 Å². The highest BCUT2D eigenvalue weighted by atomic mass is 16.5. The molecule has 23 nitrogen and oxygen atoms in total. The van der Waals surface area contributed by atoms with E-state index in [1.165, 1.54) is 26.8 Å². The lowest BCUT2D eigenvalue weighted by molar-refractivity contribution is -0.152. The number of nitrogens with zero attached hydrogens (tertiary/aromatic N) is 2. The number of benzene rings is 1. The molecular formula is C48H72N10O13. The van der Waals surface area contributed by atoms with Gasteiger partial charge in [-0.25, -0.2) is 9.59 Å². The Hall–Kier alpha value is -7.17. The third-order valence-electron chi connectivity index (χ3n) is 11.8. The van der Waals surface area contributed by atoms with Crippen molar-refractivity contribution in [2.45, 2.75) is 129 Å². The lowest BCUT2D eigenvalue weighted by Gasteiger charge is -2.28. The van der Waals surface area contributed by atoms with Gasteiger partial charge >= 0.3 is 23.8 Å². The lowest BCUT2D eigenvalue weighted by atomic mass is 9.94. The Morgan fingerprint density at radius 3 is 2.00 bits per heavy atom. The molecule has 8 amide bonds. The van der Waals surface area contributed by atoms with Crippen LogP contribution in [0.1, 0.15) is 86.1 Å². The number of methoxy groups -OCH3 is 1. The maximum Gasteiger partial charge on any atom is 0.327 e. The van der Waals surface area contributed by atoms with Gasteiger partial charge in [0.15, 0.2) is 5.96 Å². The predicted molar refractivity (Wildman–Crippen MR) is 260 cm³/mol. The number of guanidine groups is 1. The molecule has 0 saturated carbocycles. The van der Waals surface area contributed by atoms with E-state index in [2.05, 4.69) is 36.9 Å². The number of allylic oxidation sites excluding steroid dienone is 2. The largest absolute Gasteiger partial charge is 0.480 e. The number of carbonyl (C=O) groups is 10. The molecule has 392 valence electrons. The van der Waals surface area contributed by atoms with Crippen LogP contribution >= 0.6 is 0 Å². The summed E-state index contributed by atoms with van der Waals surface area (Å²) in [4.78, 5) is 138. The Morgan fingerprint density at radius 2 is 1.42 bits per heavy atom. The number of aliphatic imine (C=N–C) groups is 1. The minimum Gasteiger partial charge on any atom is -0.480 e. The molecule has 1 fully saturated rings. The number of nitrogens with two attached hydrogens (primary N) is 2. The first-order chi connectivity index (χ1) is 33.3. The molecule has 10 atom stereocenters. The molecule has 1 heterocycles.